The molecular weight excluding hydrogens is 1880 g/mol. The minimum absolute atomic E-state index is 0. The van der Waals surface area contributed by atoms with Gasteiger partial charge in [-0.15, -0.1) is 0 Å². The first-order valence-electron chi connectivity index (χ1n) is 44.4. The summed E-state index contributed by atoms with van der Waals surface area (Å²) in [4.78, 5) is 105. The number of phenols is 1. The first-order valence-corrected chi connectivity index (χ1v) is 46.2. The smallest absolute Gasteiger partial charge is 1.00 e. The third-order valence-corrected chi connectivity index (χ3v) is 28.4. The van der Waals surface area contributed by atoms with E-state index in [9.17, 15) is 55.5 Å². The van der Waals surface area contributed by atoms with Crippen LogP contribution in [-0.2, 0) is 122 Å². The molecule has 8 aliphatic heterocycles. The van der Waals surface area contributed by atoms with Crippen LogP contribution in [0.5, 0.6) is 46.0 Å². The number of carbonyl (C=O) groups excluding carboxylic acids is 7. The van der Waals surface area contributed by atoms with Crippen molar-refractivity contribution in [3.63, 3.8) is 0 Å². The largest absolute Gasteiger partial charge is 1.00 e. The van der Waals surface area contributed by atoms with Crippen molar-refractivity contribution in [1.29, 1.82) is 0 Å². The van der Waals surface area contributed by atoms with Gasteiger partial charge in [0.2, 0.25) is 5.54 Å². The van der Waals surface area contributed by atoms with Gasteiger partial charge in [0.1, 0.15) is 68.4 Å². The van der Waals surface area contributed by atoms with Crippen LogP contribution in [0.3, 0.4) is 0 Å². The third kappa shape index (κ3) is 19.9. The topological polar surface area (TPSA) is 463 Å². The predicted molar refractivity (Wildman–Crippen MR) is 496 cm³/mol. The number of rotatable bonds is 9. The van der Waals surface area contributed by atoms with Gasteiger partial charge >= 0.3 is 130 Å². The molecule has 8 amide bonds. The van der Waals surface area contributed by atoms with E-state index >= 15 is 0 Å². The Bertz CT molecular complexity index is 5790. The molecule has 138 heavy (non-hydrogen) atoms. The Balaban J connectivity index is 0.000000192. The molecular formula is C98H115F3K2N10O23S2. The van der Waals surface area contributed by atoms with E-state index in [-0.39, 0.29) is 158 Å². The van der Waals surface area contributed by atoms with Crippen molar-refractivity contribution in [2.45, 2.75) is 207 Å². The van der Waals surface area contributed by atoms with E-state index in [1.54, 1.807) is 58.0 Å². The molecule has 8 heterocycles. The Hall–Kier alpha value is -9.42. The number of nitrogens with zero attached hydrogens (tertiary/aromatic N) is 5. The maximum absolute atomic E-state index is 13.7. The summed E-state index contributed by atoms with van der Waals surface area (Å²) < 4.78 is 101. The van der Waals surface area contributed by atoms with Gasteiger partial charge in [-0.2, -0.15) is 21.6 Å². The monoisotopic (exact) mass is 2000 g/mol. The van der Waals surface area contributed by atoms with Gasteiger partial charge in [0.25, 0.3) is 30.1 Å². The number of fused-ring (bicyclic) bond motifs is 16. The number of alkyl halides is 3. The average Bonchev–Trinajstić information content (AvgIpc) is 1.53. The molecule has 730 valence electrons. The summed E-state index contributed by atoms with van der Waals surface area (Å²) in [6.07, 6.45) is 11.8. The Morgan fingerprint density at radius 1 is 0.478 bits per heavy atom. The fourth-order valence-corrected chi connectivity index (χ4v) is 21.1. The van der Waals surface area contributed by atoms with Crippen LogP contribution in [0.15, 0.2) is 175 Å². The van der Waals surface area contributed by atoms with Crippen LogP contribution in [-0.4, -0.2) is 185 Å². The summed E-state index contributed by atoms with van der Waals surface area (Å²) in [6.45, 7) is 13.2. The number of aliphatic imine (C=N–C) groups is 1. The second-order valence-corrected chi connectivity index (χ2v) is 37.3. The van der Waals surface area contributed by atoms with E-state index in [4.69, 9.17) is 71.4 Å². The van der Waals surface area contributed by atoms with Gasteiger partial charge in [0.05, 0.1) is 32.0 Å². The maximum Gasteiger partial charge on any atom is 1.00 e. The summed E-state index contributed by atoms with van der Waals surface area (Å²) in [7, 11) is 1.07. The van der Waals surface area contributed by atoms with Crippen LogP contribution in [0.1, 0.15) is 168 Å². The summed E-state index contributed by atoms with van der Waals surface area (Å²) >= 11 is 5.50. The number of nitrogens with one attached hydrogen (secondary N) is 3. The molecule has 20 rings (SSSR count). The van der Waals surface area contributed by atoms with Gasteiger partial charge < -0.3 is 83.1 Å². The minimum Gasteiger partial charge on any atom is -1.00 e. The average molecular weight is 2000 g/mol. The molecule has 33 nitrogen and oxygen atoms in total. The molecule has 8 aromatic carbocycles. The number of halogens is 3. The van der Waals surface area contributed by atoms with E-state index < -0.39 is 84.5 Å². The molecule has 8 spiro atoms. The summed E-state index contributed by atoms with van der Waals surface area (Å²) in [6, 6.07) is 54.5. The number of imide groups is 2. The first kappa shape index (κ1) is 111. The number of guanidine groups is 1. The predicted octanol–water partition coefficient (Wildman–Crippen LogP) is 5.81. The van der Waals surface area contributed by atoms with E-state index in [0.717, 1.165) is 98.7 Å². The number of amides is 8. The maximum atomic E-state index is 13.7. The van der Waals surface area contributed by atoms with E-state index in [0.29, 0.717) is 103 Å². The normalized spacial score (nSPS) is 21.8. The van der Waals surface area contributed by atoms with Crippen LogP contribution < -0.4 is 169 Å². The van der Waals surface area contributed by atoms with E-state index in [2.05, 4.69) is 103 Å². The van der Waals surface area contributed by atoms with E-state index in [1.165, 1.54) is 68.4 Å². The van der Waals surface area contributed by atoms with Crippen molar-refractivity contribution < 1.29 is 228 Å². The molecule has 4 atom stereocenters. The fraction of sp³-hybridized carbons (Fsp3) is 0.418. The van der Waals surface area contributed by atoms with E-state index in [1.807, 2.05) is 99.6 Å². The molecule has 3 saturated heterocycles. The van der Waals surface area contributed by atoms with Crippen LogP contribution in [0.25, 0.3) is 0 Å². The second kappa shape index (κ2) is 44.0. The summed E-state index contributed by atoms with van der Waals surface area (Å²) in [5.74, 6) is 4.22. The van der Waals surface area contributed by atoms with Gasteiger partial charge in [-0.1, -0.05) is 97.1 Å². The second-order valence-electron chi connectivity index (χ2n) is 35.3. The molecule has 0 saturated carbocycles. The number of benzene rings is 8. The van der Waals surface area contributed by atoms with Crippen molar-refractivity contribution >= 4 is 75.6 Å². The zero-order valence-corrected chi connectivity index (χ0v) is 87.3. The molecule has 4 unspecified atom stereocenters. The molecule has 8 aromatic rings. The van der Waals surface area contributed by atoms with Crippen LogP contribution >= 0.6 is 12.2 Å². The minimum atomic E-state index is -5.35. The summed E-state index contributed by atoms with van der Waals surface area (Å²) in [5.41, 5.74) is 5.65. The number of ether oxygens (including phenoxy) is 7. The van der Waals surface area contributed by atoms with Crippen molar-refractivity contribution in [2.75, 3.05) is 54.6 Å². The number of hydrogen-bond donors (Lipinski definition) is 7. The number of aromatic hydroxyl groups is 1. The zero-order chi connectivity index (χ0) is 96.5. The van der Waals surface area contributed by atoms with Crippen molar-refractivity contribution in [2.24, 2.45) is 10.7 Å². The van der Waals surface area contributed by atoms with Crippen molar-refractivity contribution in [3.8, 4) is 46.0 Å². The molecule has 0 aromatic heterocycles. The first-order chi connectivity index (χ1) is 63.8. The molecule has 40 heteroatoms. The molecule has 0 bridgehead atoms. The number of aryl methyl sites for hydroxylation is 8. The number of hydrogen-bond acceptors (Lipinski definition) is 26. The quantitative estimate of drug-likeness (QED) is 0.0131. The van der Waals surface area contributed by atoms with Crippen LogP contribution in [0, 0.1) is 0 Å². The SMILES string of the molecule is CC(C)(C)OO.CCOS(=O)(=O)C(F)(F)F.CCOc1ccc2c(c1)C1(N=C(N)N(C)C1=O)C1(CCc3ccccc3CC1)O2.CCOc1ccc2c(c1)C1(NC(=O)N(C)C1=O)C1(CCc3ccccc3CC1)O2.CCOc1ccc2c(c1)C1(NC(=S)N(C)C1=O)C1(CCc3ccccc3CC1)O2.CN1C(=O)NC2(C1=O)c1cc(O)ccc1OC21CCc2ccccc2CC1.N.O.O=CO[O-].[H-].[K+].[K+]. The standard InChI is InChI=1S/C23H25N3O3.C23H24N2O4.C23H24N2O3S.C21H20N2O4.C4H10O2.C3H5F3O3S.CH2O3.2K.H3N.H2O.H/c1-3-28-17-8-9-19-18(14-17)23(20(27)26(2)21(24)25-23)22(29-19)12-10-15-6-4-5-7-16(15)11-13-22;1-3-28-17-8-9-19-18(14-17)23(20(26)25(2)21(27)24-23)22(29-19)12-10-15-6-4-5-7-16(15)11-13-22;1-3-27-17-8-9-19-18(14-17)23(20(26)25(2)21(29)24-23)22(28-19)12-10-15-6-4-5-7-16(15)11-13-22;1-23-18(25)21(22-19(23)26)16-12-15(24)6-7-17(16)27-20(21)10-8-13-4-2-3-5-14(13)9-11-20;1-4(2,3)6-5;1-2-9-10(7,8)3(4,5)6;2-1-4-3;;;;;/h4-9,14H,3,10-13H2,1-2H3,(H2,24,25);4-9,14H,3,10-13H2,1-2H3,(H,24,27);4-9,14H,3,10-13H2,1-2H3,(H,24,29);2-7,12,24H,8-11H2,1H3,(H,22,26);5H,1-3H3;2H2,1H3;1,3H;;;1H3;1H2;/q;;;;;;;2*+1;;;-1/p-1. The van der Waals surface area contributed by atoms with Gasteiger partial charge in [-0.05, 0) is 281 Å². The third-order valence-electron chi connectivity index (χ3n) is 26.9. The van der Waals surface area contributed by atoms with Crippen molar-refractivity contribution in [3.05, 3.63) is 237 Å². The van der Waals surface area contributed by atoms with Crippen LogP contribution in [0.4, 0.5) is 22.8 Å². The van der Waals surface area contributed by atoms with Gasteiger partial charge in [0, 0.05) is 50.4 Å². The summed E-state index contributed by atoms with van der Waals surface area (Å²) in [5, 5.41) is 36.2. The van der Waals surface area contributed by atoms with Crippen molar-refractivity contribution in [1.82, 2.24) is 41.7 Å². The molecule has 12 N–H and O–H groups in total. The van der Waals surface area contributed by atoms with Gasteiger partial charge in [0.15, 0.2) is 27.7 Å². The zero-order valence-electron chi connectivity index (χ0n) is 80.4. The van der Waals surface area contributed by atoms with Gasteiger partial charge in [-0.25, -0.2) is 19.5 Å². The number of phenolic OH excluding ortho intramolecular Hbond substituents is 1. The molecule has 4 aliphatic carbocycles. The number of urea groups is 2. The number of nitrogens with two attached hydrogens (primary N) is 1. The molecule has 0 radical (unpaired) electrons. The Morgan fingerprint density at radius 2 is 0.761 bits per heavy atom. The molecule has 12 aliphatic rings. The Morgan fingerprint density at radius 3 is 1.01 bits per heavy atom. The number of likely N-dealkylation sites (N-methyl/N-ethyl adjacent to an activating group) is 4. The number of thiocarbonyl (C=S) groups is 1. The fourth-order valence-electron chi connectivity index (χ4n) is 20.5. The van der Waals surface area contributed by atoms with Gasteiger partial charge in [-0.3, -0.25) is 53.0 Å². The Kier molecular flexibility index (Phi) is 35.2. The van der Waals surface area contributed by atoms with Crippen LogP contribution in [0.2, 0.25) is 0 Å². The number of carbonyl (C=O) groups is 7. The Labute approximate surface area is 890 Å². The molecule has 3 fully saturated rings.